The summed E-state index contributed by atoms with van der Waals surface area (Å²) in [4.78, 5) is 12.6. The van der Waals surface area contributed by atoms with E-state index in [9.17, 15) is 4.79 Å². The molecule has 1 saturated carbocycles. The van der Waals surface area contributed by atoms with Gasteiger partial charge in [0.2, 0.25) is 5.91 Å². The van der Waals surface area contributed by atoms with Crippen LogP contribution in [0.2, 0.25) is 0 Å². The number of carbonyl (C=O) groups is 1. The lowest BCUT2D eigenvalue weighted by Gasteiger charge is -2.32. The van der Waals surface area contributed by atoms with Gasteiger partial charge in [-0.3, -0.25) is 4.79 Å². The van der Waals surface area contributed by atoms with E-state index in [0.29, 0.717) is 0 Å². The lowest BCUT2D eigenvalue weighted by atomic mass is 9.75. The molecule has 0 radical (unpaired) electrons. The molecule has 0 spiro atoms. The number of hydrogen-bond donors (Lipinski definition) is 2. The highest BCUT2D eigenvalue weighted by molar-refractivity contribution is 5.96. The highest BCUT2D eigenvalue weighted by Crippen LogP contribution is 2.37. The number of hydrogen-bond acceptors (Lipinski definition) is 2. The average Bonchev–Trinajstić information content (AvgIpc) is 2.48. The van der Waals surface area contributed by atoms with Crippen molar-refractivity contribution in [3.8, 4) is 0 Å². The van der Waals surface area contributed by atoms with Crippen LogP contribution in [0.15, 0.2) is 18.2 Å². The second-order valence-electron chi connectivity index (χ2n) is 6.45. The molecule has 0 bridgehead atoms. The van der Waals surface area contributed by atoms with Gasteiger partial charge in [0.05, 0.1) is 0 Å². The van der Waals surface area contributed by atoms with E-state index in [-0.39, 0.29) is 11.3 Å². The predicted octanol–water partition coefficient (Wildman–Crippen LogP) is 3.24. The van der Waals surface area contributed by atoms with Crippen molar-refractivity contribution in [1.82, 2.24) is 5.32 Å². The van der Waals surface area contributed by atoms with Crippen LogP contribution in [-0.2, 0) is 17.8 Å². The molecular formula is C17H24N2O. The summed E-state index contributed by atoms with van der Waals surface area (Å²) in [6.45, 7) is 4.03. The predicted molar refractivity (Wildman–Crippen MR) is 81.7 cm³/mol. The van der Waals surface area contributed by atoms with Crippen molar-refractivity contribution >= 4 is 11.6 Å². The molecule has 1 fully saturated rings. The molecule has 1 aromatic rings. The molecule has 3 rings (SSSR count). The molecule has 1 amide bonds. The SMILES string of the molecule is CC1(C(=O)Nc2cccc3c2CCNC3)CCCCC1. The van der Waals surface area contributed by atoms with Gasteiger partial charge in [0, 0.05) is 17.6 Å². The van der Waals surface area contributed by atoms with Crippen molar-refractivity contribution in [1.29, 1.82) is 0 Å². The zero-order chi connectivity index (χ0) is 14.0. The lowest BCUT2D eigenvalue weighted by molar-refractivity contribution is -0.126. The second-order valence-corrected chi connectivity index (χ2v) is 6.45. The highest BCUT2D eigenvalue weighted by Gasteiger charge is 2.34. The molecule has 0 saturated heterocycles. The first-order valence-corrected chi connectivity index (χ1v) is 7.82. The molecule has 108 valence electrons. The molecule has 0 unspecified atom stereocenters. The Morgan fingerprint density at radius 2 is 2.05 bits per heavy atom. The van der Waals surface area contributed by atoms with Gasteiger partial charge in [0.15, 0.2) is 0 Å². The van der Waals surface area contributed by atoms with Crippen molar-refractivity contribution in [2.45, 2.75) is 52.0 Å². The number of fused-ring (bicyclic) bond motifs is 1. The molecule has 1 aliphatic heterocycles. The Labute approximate surface area is 121 Å². The summed E-state index contributed by atoms with van der Waals surface area (Å²) >= 11 is 0. The van der Waals surface area contributed by atoms with Crippen LogP contribution < -0.4 is 10.6 Å². The van der Waals surface area contributed by atoms with E-state index >= 15 is 0 Å². The van der Waals surface area contributed by atoms with Gasteiger partial charge in [-0.15, -0.1) is 0 Å². The summed E-state index contributed by atoms with van der Waals surface area (Å²) < 4.78 is 0. The fraction of sp³-hybridized carbons (Fsp3) is 0.588. The number of anilines is 1. The Morgan fingerprint density at radius 1 is 1.25 bits per heavy atom. The van der Waals surface area contributed by atoms with E-state index in [1.807, 2.05) is 12.1 Å². The minimum Gasteiger partial charge on any atom is -0.325 e. The smallest absolute Gasteiger partial charge is 0.230 e. The monoisotopic (exact) mass is 272 g/mol. The maximum Gasteiger partial charge on any atom is 0.230 e. The fourth-order valence-electron chi connectivity index (χ4n) is 3.48. The normalized spacial score (nSPS) is 21.1. The van der Waals surface area contributed by atoms with Gasteiger partial charge >= 0.3 is 0 Å². The summed E-state index contributed by atoms with van der Waals surface area (Å²) in [6.07, 6.45) is 6.68. The molecular weight excluding hydrogens is 248 g/mol. The fourth-order valence-corrected chi connectivity index (χ4v) is 3.48. The lowest BCUT2D eigenvalue weighted by Crippen LogP contribution is -2.36. The van der Waals surface area contributed by atoms with Crippen LogP contribution >= 0.6 is 0 Å². The number of rotatable bonds is 2. The largest absolute Gasteiger partial charge is 0.325 e. The van der Waals surface area contributed by atoms with Gasteiger partial charge in [-0.05, 0) is 43.0 Å². The van der Waals surface area contributed by atoms with E-state index < -0.39 is 0 Å². The molecule has 3 nitrogen and oxygen atoms in total. The maximum atomic E-state index is 12.6. The number of nitrogens with one attached hydrogen (secondary N) is 2. The van der Waals surface area contributed by atoms with Crippen LogP contribution in [-0.4, -0.2) is 12.5 Å². The van der Waals surface area contributed by atoms with Crippen LogP contribution in [0.1, 0.15) is 50.2 Å². The van der Waals surface area contributed by atoms with Crippen LogP contribution in [0.25, 0.3) is 0 Å². The third-order valence-electron chi connectivity index (χ3n) is 4.89. The maximum absolute atomic E-state index is 12.6. The third kappa shape index (κ3) is 2.59. The summed E-state index contributed by atoms with van der Waals surface area (Å²) in [7, 11) is 0. The summed E-state index contributed by atoms with van der Waals surface area (Å²) in [5, 5.41) is 6.59. The van der Waals surface area contributed by atoms with Crippen LogP contribution in [0, 0.1) is 5.41 Å². The topological polar surface area (TPSA) is 41.1 Å². The zero-order valence-corrected chi connectivity index (χ0v) is 12.3. The zero-order valence-electron chi connectivity index (χ0n) is 12.3. The van der Waals surface area contributed by atoms with E-state index in [4.69, 9.17) is 0 Å². The molecule has 20 heavy (non-hydrogen) atoms. The summed E-state index contributed by atoms with van der Waals surface area (Å²) in [5.41, 5.74) is 3.50. The Balaban J connectivity index is 1.79. The van der Waals surface area contributed by atoms with E-state index in [1.54, 1.807) is 0 Å². The highest BCUT2D eigenvalue weighted by atomic mass is 16.2. The standard InChI is InChI=1S/C17H24N2O/c1-17(9-3-2-4-10-17)16(20)19-15-7-5-6-13-12-18-11-8-14(13)15/h5-7,18H,2-4,8-12H2,1H3,(H,19,20). The van der Waals surface area contributed by atoms with Gasteiger partial charge in [-0.2, -0.15) is 0 Å². The minimum absolute atomic E-state index is 0.173. The van der Waals surface area contributed by atoms with Crippen LogP contribution in [0.5, 0.6) is 0 Å². The van der Waals surface area contributed by atoms with Gasteiger partial charge in [-0.25, -0.2) is 0 Å². The first kappa shape index (κ1) is 13.6. The van der Waals surface area contributed by atoms with E-state index in [2.05, 4.69) is 23.6 Å². The average molecular weight is 272 g/mol. The van der Waals surface area contributed by atoms with Crippen LogP contribution in [0.3, 0.4) is 0 Å². The summed E-state index contributed by atoms with van der Waals surface area (Å²) in [6, 6.07) is 6.25. The first-order valence-electron chi connectivity index (χ1n) is 7.82. The van der Waals surface area contributed by atoms with Crippen molar-refractivity contribution in [2.75, 3.05) is 11.9 Å². The number of carbonyl (C=O) groups excluding carboxylic acids is 1. The number of benzene rings is 1. The first-order chi connectivity index (χ1) is 9.69. The van der Waals surface area contributed by atoms with Gasteiger partial charge in [0.1, 0.15) is 0 Å². The Kier molecular flexibility index (Phi) is 3.79. The molecule has 0 aromatic heterocycles. The van der Waals surface area contributed by atoms with Crippen molar-refractivity contribution < 1.29 is 4.79 Å². The van der Waals surface area contributed by atoms with Crippen LogP contribution in [0.4, 0.5) is 5.69 Å². The Hall–Kier alpha value is -1.35. The van der Waals surface area contributed by atoms with Gasteiger partial charge in [-0.1, -0.05) is 38.3 Å². The van der Waals surface area contributed by atoms with Gasteiger partial charge in [0.25, 0.3) is 0 Å². The Morgan fingerprint density at radius 3 is 2.85 bits per heavy atom. The summed E-state index contributed by atoms with van der Waals surface area (Å²) in [5.74, 6) is 0.212. The molecule has 3 heteroatoms. The quantitative estimate of drug-likeness (QED) is 0.867. The molecule has 2 N–H and O–H groups in total. The van der Waals surface area contributed by atoms with Gasteiger partial charge < -0.3 is 10.6 Å². The Bertz CT molecular complexity index is 504. The molecule has 2 aliphatic rings. The number of amides is 1. The molecule has 0 atom stereocenters. The second kappa shape index (κ2) is 5.57. The van der Waals surface area contributed by atoms with Crippen molar-refractivity contribution in [2.24, 2.45) is 5.41 Å². The minimum atomic E-state index is -0.173. The molecule has 1 heterocycles. The molecule has 1 aliphatic carbocycles. The molecule has 1 aromatic carbocycles. The van der Waals surface area contributed by atoms with Crippen molar-refractivity contribution in [3.63, 3.8) is 0 Å². The van der Waals surface area contributed by atoms with E-state index in [1.165, 1.54) is 30.4 Å². The van der Waals surface area contributed by atoms with E-state index in [0.717, 1.165) is 38.0 Å². The van der Waals surface area contributed by atoms with Crippen molar-refractivity contribution in [3.05, 3.63) is 29.3 Å². The third-order valence-corrected chi connectivity index (χ3v) is 4.89.